The van der Waals surface area contributed by atoms with Gasteiger partial charge in [-0.2, -0.15) is 13.2 Å². The third-order valence-corrected chi connectivity index (χ3v) is 4.59. The summed E-state index contributed by atoms with van der Waals surface area (Å²) in [5.74, 6) is -0.849. The fourth-order valence-electron chi connectivity index (χ4n) is 2.30. The topological polar surface area (TPSA) is 104 Å². The predicted octanol–water partition coefficient (Wildman–Crippen LogP) is 3.86. The number of hydrogen-bond donors (Lipinski definition) is 1. The molecule has 1 unspecified atom stereocenters. The maximum Gasteiger partial charge on any atom is 0.433 e. The molecule has 0 radical (unpaired) electrons. The van der Waals surface area contributed by atoms with Crippen molar-refractivity contribution in [3.05, 3.63) is 41.5 Å². The molecule has 1 atom stereocenters. The van der Waals surface area contributed by atoms with Crippen molar-refractivity contribution in [1.29, 1.82) is 0 Å². The Bertz CT molecular complexity index is 1010. The van der Waals surface area contributed by atoms with Gasteiger partial charge in [0.15, 0.2) is 16.4 Å². The smallest absolute Gasteiger partial charge is 0.433 e. The molecule has 3 aromatic rings. The number of carbonyl (C=O) groups is 1. The fraction of sp³-hybridized carbons (Fsp3) is 0.250. The van der Waals surface area contributed by atoms with E-state index in [1.165, 1.54) is 19.6 Å². The highest BCUT2D eigenvalue weighted by Crippen LogP contribution is 2.36. The number of nitrogen functional groups attached to an aromatic ring is 1. The Morgan fingerprint density at radius 1 is 1.33 bits per heavy atom. The lowest BCUT2D eigenvalue weighted by Crippen LogP contribution is -2.11. The van der Waals surface area contributed by atoms with Crippen LogP contribution < -0.4 is 5.73 Å². The van der Waals surface area contributed by atoms with Gasteiger partial charge in [-0.3, -0.25) is 4.98 Å². The number of carbonyl (C=O) groups excluding carboxylic acids is 1. The van der Waals surface area contributed by atoms with Gasteiger partial charge in [-0.05, 0) is 13.0 Å². The average Bonchev–Trinajstić information content (AvgIpc) is 3.03. The van der Waals surface area contributed by atoms with E-state index in [1.807, 2.05) is 0 Å². The minimum absolute atomic E-state index is 0.128. The highest BCUT2D eigenvalue weighted by atomic mass is 32.2. The first kappa shape index (κ1) is 19.0. The second-order valence-electron chi connectivity index (χ2n) is 5.46. The number of alkyl halides is 3. The molecular formula is C16H13F3N4O3S. The Morgan fingerprint density at radius 2 is 2.07 bits per heavy atom. The number of furan rings is 1. The summed E-state index contributed by atoms with van der Waals surface area (Å²) in [6, 6.07) is 2.28. The number of aromatic nitrogens is 3. The van der Waals surface area contributed by atoms with Crippen LogP contribution in [0.2, 0.25) is 0 Å². The standard InChI is InChI=1S/C16H13F3N4O3S/c1-7(27-15-22-12(16(17,18)19)4-13(20)23-15)10-3-8-9(14(24)25-2)6-26-11(8)5-21-10/h3-7H,1-2H3,(H2,20,22,23). The van der Waals surface area contributed by atoms with Crippen molar-refractivity contribution >= 4 is 34.5 Å². The van der Waals surface area contributed by atoms with E-state index in [0.717, 1.165) is 11.8 Å². The first-order valence-corrected chi connectivity index (χ1v) is 8.41. The molecule has 3 heterocycles. The number of rotatable bonds is 4. The van der Waals surface area contributed by atoms with Gasteiger partial charge in [-0.1, -0.05) is 11.8 Å². The van der Waals surface area contributed by atoms with Crippen LogP contribution in [-0.2, 0) is 10.9 Å². The molecule has 0 spiro atoms. The van der Waals surface area contributed by atoms with Crippen LogP contribution in [0.1, 0.15) is 33.9 Å². The number of hydrogen-bond acceptors (Lipinski definition) is 8. The van der Waals surface area contributed by atoms with Gasteiger partial charge in [0.05, 0.1) is 24.3 Å². The monoisotopic (exact) mass is 398 g/mol. The summed E-state index contributed by atoms with van der Waals surface area (Å²) in [5, 5.41) is -0.0569. The molecule has 0 aliphatic carbocycles. The molecule has 0 fully saturated rings. The number of esters is 1. The quantitative estimate of drug-likeness (QED) is 0.401. The maximum atomic E-state index is 12.9. The highest BCUT2D eigenvalue weighted by molar-refractivity contribution is 7.99. The maximum absolute atomic E-state index is 12.9. The molecule has 0 aliphatic rings. The summed E-state index contributed by atoms with van der Waals surface area (Å²) in [7, 11) is 1.25. The van der Waals surface area contributed by atoms with Gasteiger partial charge >= 0.3 is 12.1 Å². The summed E-state index contributed by atoms with van der Waals surface area (Å²) in [6.45, 7) is 1.72. The molecule has 0 aromatic carbocycles. The van der Waals surface area contributed by atoms with Crippen molar-refractivity contribution in [2.75, 3.05) is 12.8 Å². The van der Waals surface area contributed by atoms with Crippen LogP contribution in [0.25, 0.3) is 11.0 Å². The minimum Gasteiger partial charge on any atom is -0.465 e. The third-order valence-electron chi connectivity index (χ3n) is 3.60. The van der Waals surface area contributed by atoms with E-state index in [-0.39, 0.29) is 16.5 Å². The molecule has 11 heteroatoms. The lowest BCUT2D eigenvalue weighted by molar-refractivity contribution is -0.141. The highest BCUT2D eigenvalue weighted by Gasteiger charge is 2.33. The number of nitrogens with two attached hydrogens (primary N) is 1. The summed E-state index contributed by atoms with van der Waals surface area (Å²) in [5.41, 5.74) is 5.45. The lowest BCUT2D eigenvalue weighted by Gasteiger charge is -2.12. The lowest BCUT2D eigenvalue weighted by atomic mass is 10.1. The first-order valence-electron chi connectivity index (χ1n) is 7.53. The van der Waals surface area contributed by atoms with E-state index in [9.17, 15) is 18.0 Å². The third kappa shape index (κ3) is 3.97. The molecule has 27 heavy (non-hydrogen) atoms. The van der Waals surface area contributed by atoms with Gasteiger partial charge in [-0.15, -0.1) is 0 Å². The molecule has 2 N–H and O–H groups in total. The molecule has 0 bridgehead atoms. The number of anilines is 1. The van der Waals surface area contributed by atoms with E-state index in [4.69, 9.17) is 14.9 Å². The van der Waals surface area contributed by atoms with Gasteiger partial charge in [0.2, 0.25) is 0 Å². The Hall–Kier alpha value is -2.82. The van der Waals surface area contributed by atoms with E-state index < -0.39 is 23.1 Å². The van der Waals surface area contributed by atoms with Crippen LogP contribution >= 0.6 is 11.8 Å². The van der Waals surface area contributed by atoms with Crippen molar-refractivity contribution in [2.45, 2.75) is 23.5 Å². The van der Waals surface area contributed by atoms with Crippen LogP contribution in [-0.4, -0.2) is 28.0 Å². The van der Waals surface area contributed by atoms with Crippen molar-refractivity contribution in [3.8, 4) is 0 Å². The molecule has 3 aromatic heterocycles. The van der Waals surface area contributed by atoms with Crippen molar-refractivity contribution in [1.82, 2.24) is 15.0 Å². The molecule has 142 valence electrons. The van der Waals surface area contributed by atoms with E-state index >= 15 is 0 Å². The molecular weight excluding hydrogens is 385 g/mol. The predicted molar refractivity (Wildman–Crippen MR) is 91.1 cm³/mol. The van der Waals surface area contributed by atoms with Crippen LogP contribution in [0.15, 0.2) is 34.2 Å². The SMILES string of the molecule is COC(=O)c1coc2cnc(C(C)Sc3nc(N)cc(C(F)(F)F)n3)cc12. The summed E-state index contributed by atoms with van der Waals surface area (Å²) in [4.78, 5) is 23.3. The normalized spacial score (nSPS) is 12.9. The van der Waals surface area contributed by atoms with Gasteiger partial charge in [0.1, 0.15) is 17.6 Å². The Labute approximate surface area is 155 Å². The van der Waals surface area contributed by atoms with E-state index in [1.54, 1.807) is 13.0 Å². The number of fused-ring (bicyclic) bond motifs is 1. The molecule has 0 amide bonds. The zero-order valence-corrected chi connectivity index (χ0v) is 14.9. The summed E-state index contributed by atoms with van der Waals surface area (Å²) in [6.07, 6.45) is -1.94. The first-order chi connectivity index (χ1) is 12.7. The number of pyridine rings is 1. The van der Waals surface area contributed by atoms with Gasteiger partial charge in [-0.25, -0.2) is 14.8 Å². The summed E-state index contributed by atoms with van der Waals surface area (Å²) < 4.78 is 48.6. The van der Waals surface area contributed by atoms with Gasteiger partial charge in [0.25, 0.3) is 0 Å². The fourth-order valence-corrected chi connectivity index (χ4v) is 3.17. The zero-order valence-electron chi connectivity index (χ0n) is 14.1. The second-order valence-corrected chi connectivity index (χ2v) is 6.77. The number of halogens is 3. The Kier molecular flexibility index (Phi) is 4.96. The molecule has 0 aliphatic heterocycles. The average molecular weight is 398 g/mol. The van der Waals surface area contributed by atoms with Crippen LogP contribution in [0, 0.1) is 0 Å². The largest absolute Gasteiger partial charge is 0.465 e. The van der Waals surface area contributed by atoms with Crippen LogP contribution in [0.3, 0.4) is 0 Å². The van der Waals surface area contributed by atoms with Crippen LogP contribution in [0.4, 0.5) is 19.0 Å². The Balaban J connectivity index is 1.91. The molecule has 7 nitrogen and oxygen atoms in total. The Morgan fingerprint density at radius 3 is 2.74 bits per heavy atom. The zero-order chi connectivity index (χ0) is 19.8. The number of methoxy groups -OCH3 is 1. The molecule has 0 saturated heterocycles. The number of ether oxygens (including phenoxy) is 1. The number of thioether (sulfide) groups is 1. The number of nitrogens with zero attached hydrogens (tertiary/aromatic N) is 3. The van der Waals surface area contributed by atoms with Crippen molar-refractivity contribution in [2.24, 2.45) is 0 Å². The minimum atomic E-state index is -4.63. The second kappa shape index (κ2) is 7.06. The van der Waals surface area contributed by atoms with Crippen molar-refractivity contribution in [3.63, 3.8) is 0 Å². The van der Waals surface area contributed by atoms with Crippen molar-refractivity contribution < 1.29 is 27.1 Å². The van der Waals surface area contributed by atoms with Gasteiger partial charge < -0.3 is 14.9 Å². The molecule has 3 rings (SSSR count). The van der Waals surface area contributed by atoms with E-state index in [0.29, 0.717) is 22.7 Å². The van der Waals surface area contributed by atoms with Crippen LogP contribution in [0.5, 0.6) is 0 Å². The van der Waals surface area contributed by atoms with E-state index in [2.05, 4.69) is 15.0 Å². The molecule has 0 saturated carbocycles. The van der Waals surface area contributed by atoms with Gasteiger partial charge in [0, 0.05) is 11.5 Å². The summed E-state index contributed by atoms with van der Waals surface area (Å²) >= 11 is 0.961.